The van der Waals surface area contributed by atoms with E-state index in [9.17, 15) is 13.6 Å². The lowest BCUT2D eigenvalue weighted by Crippen LogP contribution is -2.20. The third-order valence-corrected chi connectivity index (χ3v) is 3.68. The van der Waals surface area contributed by atoms with Gasteiger partial charge >= 0.3 is 5.97 Å². The van der Waals surface area contributed by atoms with E-state index in [-0.39, 0.29) is 17.3 Å². The molecule has 2 rings (SSSR count). The normalized spacial score (nSPS) is 16.6. The van der Waals surface area contributed by atoms with Crippen LogP contribution in [-0.2, 0) is 4.74 Å². The third-order valence-electron chi connectivity index (χ3n) is 3.68. The number of methoxy groups -OCH3 is 1. The molecule has 0 heterocycles. The Morgan fingerprint density at radius 1 is 1.15 bits per heavy atom. The molecule has 1 aromatic rings. The molecule has 0 saturated heterocycles. The zero-order valence-corrected chi connectivity index (χ0v) is 11.5. The average Bonchev–Trinajstić information content (AvgIpc) is 2.69. The van der Waals surface area contributed by atoms with Crippen molar-refractivity contribution < 1.29 is 18.3 Å². The molecule has 0 atom stereocenters. The quantitative estimate of drug-likeness (QED) is 0.675. The SMILES string of the molecule is COC(=O)c1cc(NC2CCCCCC2)c(F)cc1F. The molecule has 3 nitrogen and oxygen atoms in total. The minimum atomic E-state index is -0.902. The zero-order valence-electron chi connectivity index (χ0n) is 11.5. The minimum Gasteiger partial charge on any atom is -0.465 e. The van der Waals surface area contributed by atoms with E-state index in [0.717, 1.165) is 31.7 Å². The first-order chi connectivity index (χ1) is 9.61. The molecule has 5 heteroatoms. The van der Waals surface area contributed by atoms with Gasteiger partial charge in [0.2, 0.25) is 0 Å². The van der Waals surface area contributed by atoms with E-state index in [1.807, 2.05) is 0 Å². The van der Waals surface area contributed by atoms with Gasteiger partial charge in [-0.05, 0) is 18.9 Å². The Hall–Kier alpha value is -1.65. The molecule has 110 valence electrons. The molecule has 0 bridgehead atoms. The van der Waals surface area contributed by atoms with Crippen molar-refractivity contribution in [1.29, 1.82) is 0 Å². The van der Waals surface area contributed by atoms with E-state index in [4.69, 9.17) is 0 Å². The number of carbonyl (C=O) groups is 1. The van der Waals surface area contributed by atoms with Crippen molar-refractivity contribution in [2.75, 3.05) is 12.4 Å². The molecule has 1 aliphatic carbocycles. The number of rotatable bonds is 3. The predicted octanol–water partition coefficient (Wildman–Crippen LogP) is 3.89. The molecule has 1 aromatic carbocycles. The summed E-state index contributed by atoms with van der Waals surface area (Å²) in [5.41, 5.74) is -0.0799. The van der Waals surface area contributed by atoms with Gasteiger partial charge in [0.1, 0.15) is 11.6 Å². The maximum atomic E-state index is 13.8. The molecule has 0 radical (unpaired) electrons. The molecule has 20 heavy (non-hydrogen) atoms. The van der Waals surface area contributed by atoms with Gasteiger partial charge in [0.25, 0.3) is 0 Å². The molecule has 1 fully saturated rings. The van der Waals surface area contributed by atoms with Crippen molar-refractivity contribution in [1.82, 2.24) is 0 Å². The van der Waals surface area contributed by atoms with Crippen LogP contribution in [-0.4, -0.2) is 19.1 Å². The molecular formula is C15H19F2NO2. The standard InChI is InChI=1S/C15H19F2NO2/c1-20-15(19)11-8-14(13(17)9-12(11)16)18-10-6-4-2-3-5-7-10/h8-10,18H,2-7H2,1H3. The number of carbonyl (C=O) groups excluding carboxylic acids is 1. The molecular weight excluding hydrogens is 264 g/mol. The summed E-state index contributed by atoms with van der Waals surface area (Å²) >= 11 is 0. The van der Waals surface area contributed by atoms with Crippen molar-refractivity contribution in [2.24, 2.45) is 0 Å². The summed E-state index contributed by atoms with van der Waals surface area (Å²) < 4.78 is 31.8. The van der Waals surface area contributed by atoms with Crippen LogP contribution in [0.25, 0.3) is 0 Å². The third kappa shape index (κ3) is 3.46. The highest BCUT2D eigenvalue weighted by atomic mass is 19.1. The second-order valence-electron chi connectivity index (χ2n) is 5.14. The van der Waals surface area contributed by atoms with Gasteiger partial charge in [-0.15, -0.1) is 0 Å². The lowest BCUT2D eigenvalue weighted by Gasteiger charge is -2.18. The second kappa shape index (κ2) is 6.68. The summed E-state index contributed by atoms with van der Waals surface area (Å²) in [5.74, 6) is -2.38. The first-order valence-electron chi connectivity index (χ1n) is 6.95. The topological polar surface area (TPSA) is 38.3 Å². The highest BCUT2D eigenvalue weighted by molar-refractivity contribution is 5.90. The predicted molar refractivity (Wildman–Crippen MR) is 72.8 cm³/mol. The van der Waals surface area contributed by atoms with Gasteiger partial charge in [-0.25, -0.2) is 13.6 Å². The van der Waals surface area contributed by atoms with E-state index in [1.54, 1.807) is 0 Å². The molecule has 1 aliphatic rings. The van der Waals surface area contributed by atoms with Gasteiger partial charge in [-0.1, -0.05) is 25.7 Å². The Labute approximate surface area is 117 Å². The van der Waals surface area contributed by atoms with E-state index in [0.29, 0.717) is 0 Å². The highest BCUT2D eigenvalue weighted by Crippen LogP contribution is 2.25. The van der Waals surface area contributed by atoms with E-state index < -0.39 is 17.6 Å². The maximum absolute atomic E-state index is 13.8. The minimum absolute atomic E-state index is 0.165. The van der Waals surface area contributed by atoms with Crippen molar-refractivity contribution >= 4 is 11.7 Å². The number of ether oxygens (including phenoxy) is 1. The Morgan fingerprint density at radius 3 is 2.40 bits per heavy atom. The molecule has 0 unspecified atom stereocenters. The summed E-state index contributed by atoms with van der Waals surface area (Å²) in [5, 5.41) is 3.09. The number of benzene rings is 1. The number of nitrogens with one attached hydrogen (secondary N) is 1. The summed E-state index contributed by atoms with van der Waals surface area (Å²) in [6.07, 6.45) is 6.51. The lowest BCUT2D eigenvalue weighted by molar-refractivity contribution is 0.0595. The smallest absolute Gasteiger partial charge is 0.340 e. The van der Waals surface area contributed by atoms with Crippen LogP contribution >= 0.6 is 0 Å². The number of hydrogen-bond donors (Lipinski definition) is 1. The largest absolute Gasteiger partial charge is 0.465 e. The van der Waals surface area contributed by atoms with Crippen molar-refractivity contribution in [3.8, 4) is 0 Å². The van der Waals surface area contributed by atoms with Crippen molar-refractivity contribution in [2.45, 2.75) is 44.6 Å². The molecule has 0 aliphatic heterocycles. The van der Waals surface area contributed by atoms with Gasteiger partial charge in [-0.2, -0.15) is 0 Å². The summed E-state index contributed by atoms with van der Waals surface area (Å²) in [4.78, 5) is 11.4. The van der Waals surface area contributed by atoms with Gasteiger partial charge in [0, 0.05) is 12.1 Å². The Morgan fingerprint density at radius 2 is 1.80 bits per heavy atom. The van der Waals surface area contributed by atoms with Gasteiger partial charge in [0.15, 0.2) is 0 Å². The fourth-order valence-corrected chi connectivity index (χ4v) is 2.57. The first kappa shape index (κ1) is 14.8. The van der Waals surface area contributed by atoms with Crippen LogP contribution in [0.3, 0.4) is 0 Å². The first-order valence-corrected chi connectivity index (χ1v) is 6.95. The average molecular weight is 283 g/mol. The van der Waals surface area contributed by atoms with Crippen LogP contribution in [0.5, 0.6) is 0 Å². The highest BCUT2D eigenvalue weighted by Gasteiger charge is 2.19. The van der Waals surface area contributed by atoms with E-state index in [1.165, 1.54) is 26.0 Å². The molecule has 0 amide bonds. The van der Waals surface area contributed by atoms with Gasteiger partial charge in [0.05, 0.1) is 18.4 Å². The Balaban J connectivity index is 2.19. The molecule has 0 spiro atoms. The fourth-order valence-electron chi connectivity index (χ4n) is 2.57. The van der Waals surface area contributed by atoms with Gasteiger partial charge < -0.3 is 10.1 Å². The number of hydrogen-bond acceptors (Lipinski definition) is 3. The molecule has 0 aromatic heterocycles. The maximum Gasteiger partial charge on any atom is 0.340 e. The van der Waals surface area contributed by atoms with Crippen LogP contribution in [0.2, 0.25) is 0 Å². The van der Waals surface area contributed by atoms with Crippen LogP contribution < -0.4 is 5.32 Å². The second-order valence-corrected chi connectivity index (χ2v) is 5.14. The summed E-state index contributed by atoms with van der Waals surface area (Å²) in [7, 11) is 1.17. The Bertz CT molecular complexity index is 483. The zero-order chi connectivity index (χ0) is 14.5. The number of esters is 1. The summed E-state index contributed by atoms with van der Waals surface area (Å²) in [6, 6.07) is 2.09. The fraction of sp³-hybridized carbons (Fsp3) is 0.533. The van der Waals surface area contributed by atoms with E-state index >= 15 is 0 Å². The molecule has 1 N–H and O–H groups in total. The number of halogens is 2. The van der Waals surface area contributed by atoms with Crippen molar-refractivity contribution in [3.63, 3.8) is 0 Å². The number of anilines is 1. The van der Waals surface area contributed by atoms with Crippen LogP contribution in [0.1, 0.15) is 48.9 Å². The van der Waals surface area contributed by atoms with Crippen molar-refractivity contribution in [3.05, 3.63) is 29.3 Å². The van der Waals surface area contributed by atoms with Crippen LogP contribution in [0.4, 0.5) is 14.5 Å². The monoisotopic (exact) mass is 283 g/mol. The summed E-state index contributed by atoms with van der Waals surface area (Å²) in [6.45, 7) is 0. The van der Waals surface area contributed by atoms with E-state index in [2.05, 4.69) is 10.1 Å². The lowest BCUT2D eigenvalue weighted by atomic mass is 10.1. The van der Waals surface area contributed by atoms with Crippen LogP contribution in [0.15, 0.2) is 12.1 Å². The Kier molecular flexibility index (Phi) is 4.93. The van der Waals surface area contributed by atoms with Gasteiger partial charge in [-0.3, -0.25) is 0 Å². The van der Waals surface area contributed by atoms with Crippen LogP contribution in [0, 0.1) is 11.6 Å². The molecule has 1 saturated carbocycles.